The van der Waals surface area contributed by atoms with Crippen molar-refractivity contribution in [1.29, 1.82) is 0 Å². The number of nitrogens with zero attached hydrogens (tertiary/aromatic N) is 1. The summed E-state index contributed by atoms with van der Waals surface area (Å²) in [6, 6.07) is 1.98. The molecule has 1 aliphatic carbocycles. The molecule has 1 fully saturated rings. The van der Waals surface area contributed by atoms with Crippen LogP contribution in [-0.4, -0.2) is 30.1 Å². The molecule has 0 aliphatic heterocycles. The molecule has 0 radical (unpaired) electrons. The summed E-state index contributed by atoms with van der Waals surface area (Å²) in [4.78, 5) is 2.53. The number of nitrogens with two attached hydrogens (primary N) is 1. The summed E-state index contributed by atoms with van der Waals surface area (Å²) in [5, 5.41) is 0. The van der Waals surface area contributed by atoms with Gasteiger partial charge in [0, 0.05) is 18.1 Å². The van der Waals surface area contributed by atoms with Gasteiger partial charge in [0.2, 0.25) is 0 Å². The molecule has 0 spiro atoms. The van der Waals surface area contributed by atoms with E-state index in [9.17, 15) is 0 Å². The third-order valence-corrected chi connectivity index (χ3v) is 3.60. The fourth-order valence-corrected chi connectivity index (χ4v) is 2.16. The van der Waals surface area contributed by atoms with Crippen LogP contribution in [0.25, 0.3) is 0 Å². The number of rotatable bonds is 3. The van der Waals surface area contributed by atoms with E-state index in [1.807, 2.05) is 0 Å². The summed E-state index contributed by atoms with van der Waals surface area (Å²) in [6.07, 6.45) is 6.26. The maximum Gasteiger partial charge on any atom is 0.00961 e. The molecular weight excluding hydrogens is 160 g/mol. The van der Waals surface area contributed by atoms with Crippen LogP contribution in [0.2, 0.25) is 0 Å². The Balaban J connectivity index is 2.35. The van der Waals surface area contributed by atoms with E-state index in [-0.39, 0.29) is 0 Å². The van der Waals surface area contributed by atoms with Gasteiger partial charge < -0.3 is 10.6 Å². The van der Waals surface area contributed by atoms with Crippen LogP contribution in [0.1, 0.15) is 46.0 Å². The van der Waals surface area contributed by atoms with Crippen molar-refractivity contribution in [2.24, 2.45) is 5.73 Å². The molecule has 1 atom stereocenters. The highest BCUT2D eigenvalue weighted by Crippen LogP contribution is 2.22. The first kappa shape index (κ1) is 11.0. The van der Waals surface area contributed by atoms with Crippen molar-refractivity contribution in [3.63, 3.8) is 0 Å². The third-order valence-electron chi connectivity index (χ3n) is 3.60. The smallest absolute Gasteiger partial charge is 0.00961 e. The molecule has 1 rings (SSSR count). The summed E-state index contributed by atoms with van der Waals surface area (Å²) in [7, 11) is 2.26. The summed E-state index contributed by atoms with van der Waals surface area (Å²) in [6.45, 7) is 4.57. The van der Waals surface area contributed by atoms with E-state index < -0.39 is 0 Å². The average molecular weight is 184 g/mol. The predicted octanol–water partition coefficient (Wildman–Crippen LogP) is 1.99. The van der Waals surface area contributed by atoms with Gasteiger partial charge in [-0.2, -0.15) is 0 Å². The monoisotopic (exact) mass is 184 g/mol. The quantitative estimate of drug-likeness (QED) is 0.727. The molecule has 1 saturated carbocycles. The minimum Gasteiger partial charge on any atom is -0.328 e. The van der Waals surface area contributed by atoms with Gasteiger partial charge in [-0.15, -0.1) is 0 Å². The van der Waals surface area contributed by atoms with Gasteiger partial charge in [-0.25, -0.2) is 0 Å². The molecule has 0 heterocycles. The maximum atomic E-state index is 5.89. The Bertz CT molecular complexity index is 139. The molecule has 0 bridgehead atoms. The van der Waals surface area contributed by atoms with E-state index >= 15 is 0 Å². The Labute approximate surface area is 82.5 Å². The van der Waals surface area contributed by atoms with Crippen LogP contribution in [0.15, 0.2) is 0 Å². The molecule has 2 nitrogen and oxygen atoms in total. The minimum atomic E-state index is 0.474. The summed E-state index contributed by atoms with van der Waals surface area (Å²) in [5.41, 5.74) is 5.89. The Morgan fingerprint density at radius 1 is 1.31 bits per heavy atom. The highest BCUT2D eigenvalue weighted by Gasteiger charge is 2.23. The zero-order valence-corrected chi connectivity index (χ0v) is 9.29. The van der Waals surface area contributed by atoms with Crippen molar-refractivity contribution >= 4 is 0 Å². The Kier molecular flexibility index (Phi) is 4.20. The van der Waals surface area contributed by atoms with Crippen molar-refractivity contribution < 1.29 is 0 Å². The van der Waals surface area contributed by atoms with Crippen LogP contribution in [0, 0.1) is 0 Å². The van der Waals surface area contributed by atoms with E-state index in [0.717, 1.165) is 12.1 Å². The van der Waals surface area contributed by atoms with Crippen molar-refractivity contribution in [2.75, 3.05) is 7.05 Å². The second-order valence-electron chi connectivity index (χ2n) is 4.49. The fraction of sp³-hybridized carbons (Fsp3) is 1.00. The lowest BCUT2D eigenvalue weighted by atomic mass is 9.90. The van der Waals surface area contributed by atoms with Crippen molar-refractivity contribution in [3.8, 4) is 0 Å². The maximum absolute atomic E-state index is 5.89. The van der Waals surface area contributed by atoms with E-state index in [2.05, 4.69) is 25.8 Å². The van der Waals surface area contributed by atoms with E-state index in [1.54, 1.807) is 0 Å². The standard InChI is InChI=1S/C11H24N2/c1-4-9(2)13(3)11-7-5-10(12)6-8-11/h9-11H,4-8,12H2,1-3H3. The second-order valence-corrected chi connectivity index (χ2v) is 4.49. The first-order valence-corrected chi connectivity index (χ1v) is 5.62. The molecular formula is C11H24N2. The van der Waals surface area contributed by atoms with E-state index in [0.29, 0.717) is 6.04 Å². The van der Waals surface area contributed by atoms with Gasteiger partial charge in [-0.05, 0) is 46.1 Å². The molecule has 0 saturated heterocycles. The largest absolute Gasteiger partial charge is 0.328 e. The molecule has 2 N–H and O–H groups in total. The van der Waals surface area contributed by atoms with Crippen molar-refractivity contribution in [1.82, 2.24) is 4.90 Å². The van der Waals surface area contributed by atoms with Gasteiger partial charge in [0.1, 0.15) is 0 Å². The van der Waals surface area contributed by atoms with Crippen LogP contribution in [0.5, 0.6) is 0 Å². The molecule has 1 unspecified atom stereocenters. The lowest BCUT2D eigenvalue weighted by Crippen LogP contribution is -2.42. The van der Waals surface area contributed by atoms with Crippen LogP contribution >= 0.6 is 0 Å². The van der Waals surface area contributed by atoms with Gasteiger partial charge in [-0.1, -0.05) is 6.92 Å². The molecule has 0 aromatic carbocycles. The van der Waals surface area contributed by atoms with Crippen LogP contribution in [0.3, 0.4) is 0 Å². The van der Waals surface area contributed by atoms with Crippen LogP contribution in [-0.2, 0) is 0 Å². The average Bonchev–Trinajstić information content (AvgIpc) is 2.17. The van der Waals surface area contributed by atoms with Gasteiger partial charge in [-0.3, -0.25) is 0 Å². The van der Waals surface area contributed by atoms with Gasteiger partial charge >= 0.3 is 0 Å². The molecule has 0 amide bonds. The van der Waals surface area contributed by atoms with E-state index in [4.69, 9.17) is 5.73 Å². The van der Waals surface area contributed by atoms with Crippen molar-refractivity contribution in [2.45, 2.75) is 64.1 Å². The van der Waals surface area contributed by atoms with Gasteiger partial charge in [0.15, 0.2) is 0 Å². The van der Waals surface area contributed by atoms with Gasteiger partial charge in [0.05, 0.1) is 0 Å². The first-order valence-electron chi connectivity index (χ1n) is 5.62. The normalized spacial score (nSPS) is 32.1. The Morgan fingerprint density at radius 3 is 2.31 bits per heavy atom. The zero-order valence-electron chi connectivity index (χ0n) is 9.29. The van der Waals surface area contributed by atoms with E-state index in [1.165, 1.54) is 32.1 Å². The lowest BCUT2D eigenvalue weighted by Gasteiger charge is -2.36. The highest BCUT2D eigenvalue weighted by molar-refractivity contribution is 4.81. The first-order chi connectivity index (χ1) is 6.15. The third kappa shape index (κ3) is 2.96. The lowest BCUT2D eigenvalue weighted by molar-refractivity contribution is 0.137. The zero-order chi connectivity index (χ0) is 9.84. The summed E-state index contributed by atoms with van der Waals surface area (Å²) < 4.78 is 0. The fourth-order valence-electron chi connectivity index (χ4n) is 2.16. The molecule has 2 heteroatoms. The SMILES string of the molecule is CCC(C)N(C)C1CCC(N)CC1. The number of hydrogen-bond donors (Lipinski definition) is 1. The van der Waals surface area contributed by atoms with Crippen LogP contribution in [0.4, 0.5) is 0 Å². The molecule has 0 aromatic rings. The molecule has 78 valence electrons. The van der Waals surface area contributed by atoms with Crippen LogP contribution < -0.4 is 5.73 Å². The highest BCUT2D eigenvalue weighted by atomic mass is 15.2. The predicted molar refractivity (Wildman–Crippen MR) is 57.7 cm³/mol. The topological polar surface area (TPSA) is 29.3 Å². The number of hydrogen-bond acceptors (Lipinski definition) is 2. The minimum absolute atomic E-state index is 0.474. The summed E-state index contributed by atoms with van der Waals surface area (Å²) >= 11 is 0. The van der Waals surface area contributed by atoms with Crippen molar-refractivity contribution in [3.05, 3.63) is 0 Å². The van der Waals surface area contributed by atoms with Gasteiger partial charge in [0.25, 0.3) is 0 Å². The Morgan fingerprint density at radius 2 is 1.85 bits per heavy atom. The Hall–Kier alpha value is -0.0800. The molecule has 0 aromatic heterocycles. The molecule has 1 aliphatic rings. The molecule has 13 heavy (non-hydrogen) atoms. The second kappa shape index (κ2) is 4.97. The summed E-state index contributed by atoms with van der Waals surface area (Å²) in [5.74, 6) is 0.